The Morgan fingerprint density at radius 2 is 1.92 bits per heavy atom. The van der Waals surface area contributed by atoms with Crippen LogP contribution in [0.4, 0.5) is 5.69 Å². The molecule has 1 amide bonds. The maximum atomic E-state index is 12.5. The highest BCUT2D eigenvalue weighted by Gasteiger charge is 2.18. The van der Waals surface area contributed by atoms with Crippen molar-refractivity contribution in [1.82, 2.24) is 15.0 Å². The van der Waals surface area contributed by atoms with Crippen LogP contribution in [0.2, 0.25) is 5.02 Å². The highest BCUT2D eigenvalue weighted by atomic mass is 35.5. The van der Waals surface area contributed by atoms with Gasteiger partial charge < -0.3 is 10.1 Å². The van der Waals surface area contributed by atoms with Crippen LogP contribution in [0.5, 0.6) is 5.75 Å². The number of halogens is 1. The number of nitrogens with zero attached hydrogens (tertiary/aromatic N) is 3. The maximum Gasteiger partial charge on any atom is 0.278 e. The molecule has 7 heteroatoms. The first-order valence-corrected chi connectivity index (χ1v) is 8.06. The molecule has 0 unspecified atom stereocenters. The van der Waals surface area contributed by atoms with E-state index in [-0.39, 0.29) is 11.6 Å². The highest BCUT2D eigenvalue weighted by molar-refractivity contribution is 6.31. The second-order valence-electron chi connectivity index (χ2n) is 5.43. The topological polar surface area (TPSA) is 69.0 Å². The summed E-state index contributed by atoms with van der Waals surface area (Å²) in [6.45, 7) is 2.24. The lowest BCUT2D eigenvalue weighted by molar-refractivity contribution is 0.102. The summed E-state index contributed by atoms with van der Waals surface area (Å²) in [5.41, 5.74) is 2.41. The Kier molecular flexibility index (Phi) is 5.00. The Morgan fingerprint density at radius 3 is 2.68 bits per heavy atom. The van der Waals surface area contributed by atoms with Crippen LogP contribution in [0.15, 0.2) is 48.5 Å². The molecule has 6 nitrogen and oxygen atoms in total. The summed E-state index contributed by atoms with van der Waals surface area (Å²) in [5.74, 6) is 0.240. The van der Waals surface area contributed by atoms with Gasteiger partial charge >= 0.3 is 0 Å². The molecule has 1 N–H and O–H groups in total. The van der Waals surface area contributed by atoms with Crippen molar-refractivity contribution in [1.29, 1.82) is 0 Å². The molecule has 3 rings (SSSR count). The van der Waals surface area contributed by atoms with Gasteiger partial charge in [0.25, 0.3) is 5.91 Å². The van der Waals surface area contributed by atoms with Gasteiger partial charge in [0.1, 0.15) is 5.75 Å². The van der Waals surface area contributed by atoms with Gasteiger partial charge in [0.05, 0.1) is 25.0 Å². The minimum Gasteiger partial charge on any atom is -0.495 e. The number of benzene rings is 2. The van der Waals surface area contributed by atoms with Crippen LogP contribution in [0.25, 0.3) is 0 Å². The van der Waals surface area contributed by atoms with Crippen LogP contribution in [0.1, 0.15) is 21.7 Å². The predicted molar refractivity (Wildman–Crippen MR) is 96.3 cm³/mol. The maximum absolute atomic E-state index is 12.5. The number of hydrogen-bond donors (Lipinski definition) is 1. The van der Waals surface area contributed by atoms with Crippen molar-refractivity contribution in [2.75, 3.05) is 12.4 Å². The fourth-order valence-corrected chi connectivity index (χ4v) is 2.63. The molecule has 0 atom stereocenters. The fourth-order valence-electron chi connectivity index (χ4n) is 2.44. The zero-order valence-corrected chi connectivity index (χ0v) is 14.6. The molecule has 128 valence electrons. The monoisotopic (exact) mass is 356 g/mol. The Bertz CT molecular complexity index is 908. The number of para-hydroxylation sites is 2. The molecule has 0 radical (unpaired) electrons. The van der Waals surface area contributed by atoms with Gasteiger partial charge in [-0.25, -0.2) is 4.68 Å². The van der Waals surface area contributed by atoms with E-state index in [4.69, 9.17) is 16.3 Å². The fraction of sp³-hybridized carbons (Fsp3) is 0.167. The third kappa shape index (κ3) is 3.64. The minimum absolute atomic E-state index is 0.262. The summed E-state index contributed by atoms with van der Waals surface area (Å²) in [4.78, 5) is 12.5. The quantitative estimate of drug-likeness (QED) is 0.759. The first-order chi connectivity index (χ1) is 12.1. The summed E-state index contributed by atoms with van der Waals surface area (Å²) in [7, 11) is 1.55. The van der Waals surface area contributed by atoms with Crippen molar-refractivity contribution in [3.05, 3.63) is 70.5 Å². The SMILES string of the molecule is COc1ccccc1NC(=O)c1nnn(Cc2ccccc2Cl)c1C. The normalized spacial score (nSPS) is 10.5. The second kappa shape index (κ2) is 7.36. The number of hydrogen-bond acceptors (Lipinski definition) is 4. The van der Waals surface area contributed by atoms with Crippen molar-refractivity contribution in [3.8, 4) is 5.75 Å². The smallest absolute Gasteiger partial charge is 0.278 e. The number of ether oxygens (including phenoxy) is 1. The molecule has 1 heterocycles. The lowest BCUT2D eigenvalue weighted by Crippen LogP contribution is -2.15. The van der Waals surface area contributed by atoms with Gasteiger partial charge in [-0.1, -0.05) is 47.1 Å². The van der Waals surface area contributed by atoms with Crippen LogP contribution in [-0.4, -0.2) is 28.0 Å². The zero-order valence-electron chi connectivity index (χ0n) is 13.9. The molecule has 0 aliphatic carbocycles. The van der Waals surface area contributed by atoms with E-state index in [2.05, 4.69) is 15.6 Å². The number of anilines is 1. The van der Waals surface area contributed by atoms with Gasteiger partial charge in [-0.3, -0.25) is 4.79 Å². The van der Waals surface area contributed by atoms with E-state index in [0.29, 0.717) is 28.7 Å². The number of aromatic nitrogens is 3. The third-order valence-corrected chi connectivity index (χ3v) is 4.20. The van der Waals surface area contributed by atoms with Crippen molar-refractivity contribution >= 4 is 23.2 Å². The number of methoxy groups -OCH3 is 1. The van der Waals surface area contributed by atoms with Crippen LogP contribution in [0, 0.1) is 6.92 Å². The van der Waals surface area contributed by atoms with Gasteiger partial charge in [-0.05, 0) is 30.7 Å². The van der Waals surface area contributed by atoms with Crippen molar-refractivity contribution in [2.45, 2.75) is 13.5 Å². The predicted octanol–water partition coefficient (Wildman–Crippen LogP) is 3.55. The summed E-state index contributed by atoms with van der Waals surface area (Å²) in [5, 5.41) is 11.5. The summed E-state index contributed by atoms with van der Waals surface area (Å²) in [6, 6.07) is 14.7. The third-order valence-electron chi connectivity index (χ3n) is 3.83. The molecule has 0 fully saturated rings. The average molecular weight is 357 g/mol. The van der Waals surface area contributed by atoms with Gasteiger partial charge in [0, 0.05) is 5.02 Å². The van der Waals surface area contributed by atoms with Gasteiger partial charge in [-0.2, -0.15) is 0 Å². The Hall–Kier alpha value is -2.86. The van der Waals surface area contributed by atoms with E-state index in [9.17, 15) is 4.79 Å². The molecule has 3 aromatic rings. The standard InChI is InChI=1S/C18H17ClN4O2/c1-12-17(18(24)20-15-9-5-6-10-16(15)25-2)21-22-23(12)11-13-7-3-4-8-14(13)19/h3-10H,11H2,1-2H3,(H,20,24). The van der Waals surface area contributed by atoms with Crippen LogP contribution >= 0.6 is 11.6 Å². The van der Waals surface area contributed by atoms with E-state index in [1.807, 2.05) is 36.4 Å². The number of amides is 1. The van der Waals surface area contributed by atoms with E-state index in [1.165, 1.54) is 0 Å². The number of nitrogens with one attached hydrogen (secondary N) is 1. The average Bonchev–Trinajstić information content (AvgIpc) is 2.98. The van der Waals surface area contributed by atoms with E-state index in [0.717, 1.165) is 5.56 Å². The molecular formula is C18H17ClN4O2. The van der Waals surface area contributed by atoms with Crippen LogP contribution in [0.3, 0.4) is 0 Å². The number of rotatable bonds is 5. The zero-order chi connectivity index (χ0) is 17.8. The number of carbonyl (C=O) groups excluding carboxylic acids is 1. The molecule has 1 aromatic heterocycles. The molecule has 0 aliphatic heterocycles. The van der Waals surface area contributed by atoms with Gasteiger partial charge in [0.15, 0.2) is 5.69 Å². The summed E-state index contributed by atoms with van der Waals surface area (Å²) < 4.78 is 6.89. The molecule has 0 saturated carbocycles. The highest BCUT2D eigenvalue weighted by Crippen LogP contribution is 2.24. The van der Waals surface area contributed by atoms with E-state index < -0.39 is 0 Å². The molecular weight excluding hydrogens is 340 g/mol. The van der Waals surface area contributed by atoms with E-state index >= 15 is 0 Å². The molecule has 0 bridgehead atoms. The molecule has 0 spiro atoms. The summed E-state index contributed by atoms with van der Waals surface area (Å²) in [6.07, 6.45) is 0. The van der Waals surface area contributed by atoms with Crippen molar-refractivity contribution in [2.24, 2.45) is 0 Å². The van der Waals surface area contributed by atoms with E-state index in [1.54, 1.807) is 30.8 Å². The molecule has 0 aliphatic rings. The lowest BCUT2D eigenvalue weighted by atomic mass is 10.2. The number of carbonyl (C=O) groups is 1. The van der Waals surface area contributed by atoms with Gasteiger partial charge in [-0.15, -0.1) is 5.10 Å². The first-order valence-electron chi connectivity index (χ1n) is 7.68. The van der Waals surface area contributed by atoms with Crippen molar-refractivity contribution < 1.29 is 9.53 Å². The molecule has 0 saturated heterocycles. The molecule has 25 heavy (non-hydrogen) atoms. The van der Waals surface area contributed by atoms with Crippen molar-refractivity contribution in [3.63, 3.8) is 0 Å². The Balaban J connectivity index is 1.81. The largest absolute Gasteiger partial charge is 0.495 e. The second-order valence-corrected chi connectivity index (χ2v) is 5.83. The summed E-state index contributed by atoms with van der Waals surface area (Å²) >= 11 is 6.18. The lowest BCUT2D eigenvalue weighted by Gasteiger charge is -2.09. The Labute approximate surface area is 150 Å². The van der Waals surface area contributed by atoms with Crippen LogP contribution < -0.4 is 10.1 Å². The Morgan fingerprint density at radius 1 is 1.20 bits per heavy atom. The molecule has 2 aromatic carbocycles. The van der Waals surface area contributed by atoms with Crippen LogP contribution in [-0.2, 0) is 6.54 Å². The van der Waals surface area contributed by atoms with Gasteiger partial charge in [0.2, 0.25) is 0 Å². The minimum atomic E-state index is -0.340. The first kappa shape index (κ1) is 17.0.